The molecule has 2 aromatic carbocycles. The minimum Gasteiger partial charge on any atom is -0.308 e. The highest BCUT2D eigenvalue weighted by Gasteiger charge is 2.45. The number of benzene rings is 2. The van der Waals surface area contributed by atoms with E-state index in [1.165, 1.54) is 11.1 Å². The summed E-state index contributed by atoms with van der Waals surface area (Å²) in [6.07, 6.45) is 4.04. The van der Waals surface area contributed by atoms with Crippen LogP contribution in [-0.2, 0) is 4.84 Å². The molecular weight excluding hydrogens is 428 g/mol. The van der Waals surface area contributed by atoms with E-state index in [9.17, 15) is 18.4 Å². The molecule has 2 N–H and O–H groups in total. The Balaban J connectivity index is 1.34. The van der Waals surface area contributed by atoms with Gasteiger partial charge >= 0.3 is 6.03 Å². The van der Waals surface area contributed by atoms with Gasteiger partial charge < -0.3 is 5.32 Å². The lowest BCUT2D eigenvalue weighted by molar-refractivity contribution is 0.0959. The minimum absolute atomic E-state index is 0.171. The zero-order valence-electron chi connectivity index (χ0n) is 18.4. The number of amides is 3. The van der Waals surface area contributed by atoms with Gasteiger partial charge in [0.1, 0.15) is 17.2 Å². The molecule has 0 bridgehead atoms. The van der Waals surface area contributed by atoms with Crippen LogP contribution in [0, 0.1) is 17.6 Å². The van der Waals surface area contributed by atoms with Crippen molar-refractivity contribution in [3.8, 4) is 0 Å². The molecule has 0 radical (unpaired) electrons. The third-order valence-corrected chi connectivity index (χ3v) is 6.04. The van der Waals surface area contributed by atoms with E-state index in [1.54, 1.807) is 12.1 Å². The van der Waals surface area contributed by atoms with Gasteiger partial charge in [-0.1, -0.05) is 42.0 Å². The van der Waals surface area contributed by atoms with Crippen molar-refractivity contribution in [3.63, 3.8) is 0 Å². The molecule has 6 nitrogen and oxygen atoms in total. The first-order chi connectivity index (χ1) is 15.7. The van der Waals surface area contributed by atoms with Gasteiger partial charge in [-0.3, -0.25) is 14.9 Å². The van der Waals surface area contributed by atoms with Gasteiger partial charge in [0.05, 0.1) is 6.04 Å². The number of nitrogens with zero attached hydrogens (tertiary/aromatic N) is 1. The van der Waals surface area contributed by atoms with E-state index < -0.39 is 29.1 Å². The van der Waals surface area contributed by atoms with Crippen molar-refractivity contribution in [2.24, 2.45) is 5.92 Å². The molecule has 1 heterocycles. The molecule has 4 atom stereocenters. The zero-order valence-corrected chi connectivity index (χ0v) is 18.4. The second-order valence-corrected chi connectivity index (χ2v) is 8.42. The number of imide groups is 1. The number of urea groups is 1. The first kappa shape index (κ1) is 22.8. The summed E-state index contributed by atoms with van der Waals surface area (Å²) in [5, 5.41) is 6.38. The fourth-order valence-corrected chi connectivity index (χ4v) is 4.03. The molecule has 1 saturated heterocycles. The summed E-state index contributed by atoms with van der Waals surface area (Å²) in [7, 11) is 0. The van der Waals surface area contributed by atoms with E-state index >= 15 is 0 Å². The van der Waals surface area contributed by atoms with Crippen LogP contribution in [0.3, 0.4) is 0 Å². The molecule has 0 aromatic heterocycles. The van der Waals surface area contributed by atoms with Gasteiger partial charge in [0.25, 0.3) is 5.91 Å². The Hall–Kier alpha value is -3.36. The van der Waals surface area contributed by atoms with Crippen molar-refractivity contribution in [3.05, 3.63) is 89.0 Å². The van der Waals surface area contributed by atoms with E-state index in [0.717, 1.165) is 36.6 Å². The van der Waals surface area contributed by atoms with Crippen LogP contribution >= 0.6 is 0 Å². The normalized spacial score (nSPS) is 23.9. The van der Waals surface area contributed by atoms with Crippen molar-refractivity contribution in [2.45, 2.75) is 39.0 Å². The molecule has 3 amide bonds. The first-order valence-corrected chi connectivity index (χ1v) is 10.7. The zero-order chi connectivity index (χ0) is 23.7. The Morgan fingerprint density at radius 1 is 1.12 bits per heavy atom. The Morgan fingerprint density at radius 3 is 2.42 bits per heavy atom. The van der Waals surface area contributed by atoms with E-state index in [1.807, 2.05) is 22.5 Å². The lowest BCUT2D eigenvalue weighted by atomic mass is 9.83. The van der Waals surface area contributed by atoms with E-state index in [4.69, 9.17) is 4.84 Å². The average Bonchev–Trinajstić information content (AvgIpc) is 3.55. The maximum atomic E-state index is 13.7. The van der Waals surface area contributed by atoms with Gasteiger partial charge in [-0.2, -0.15) is 0 Å². The second-order valence-electron chi connectivity index (χ2n) is 8.42. The SMILES string of the molecule is C=C(C)C1CC=C(C)C(N2OC2c2ccc(NC(=O)NC(=O)c3c(F)cccc3F)cc2)C1. The van der Waals surface area contributed by atoms with Gasteiger partial charge in [0.2, 0.25) is 0 Å². The lowest BCUT2D eigenvalue weighted by Gasteiger charge is -2.28. The third-order valence-electron chi connectivity index (χ3n) is 6.04. The Labute approximate surface area is 190 Å². The van der Waals surface area contributed by atoms with Crippen molar-refractivity contribution in [1.29, 1.82) is 0 Å². The predicted molar refractivity (Wildman–Crippen MR) is 120 cm³/mol. The summed E-state index contributed by atoms with van der Waals surface area (Å²) in [6, 6.07) is 9.30. The van der Waals surface area contributed by atoms with Crippen molar-refractivity contribution >= 4 is 17.6 Å². The number of hydrogen-bond donors (Lipinski definition) is 2. The molecule has 4 rings (SSSR count). The molecule has 1 aliphatic heterocycles. The number of carbonyl (C=O) groups excluding carboxylic acids is 2. The molecular formula is C25H25F2N3O3. The van der Waals surface area contributed by atoms with Crippen LogP contribution in [0.1, 0.15) is 48.8 Å². The van der Waals surface area contributed by atoms with Crippen LogP contribution in [-0.4, -0.2) is 23.0 Å². The summed E-state index contributed by atoms with van der Waals surface area (Å²) < 4.78 is 27.4. The van der Waals surface area contributed by atoms with Crippen LogP contribution in [0.15, 0.2) is 66.3 Å². The molecule has 1 fully saturated rings. The van der Waals surface area contributed by atoms with Gasteiger partial charge in [0.15, 0.2) is 6.23 Å². The highest BCUT2D eigenvalue weighted by molar-refractivity contribution is 6.08. The quantitative estimate of drug-likeness (QED) is 0.465. The van der Waals surface area contributed by atoms with Crippen LogP contribution in [0.5, 0.6) is 0 Å². The molecule has 8 heteroatoms. The van der Waals surface area contributed by atoms with E-state index in [2.05, 4.69) is 31.8 Å². The summed E-state index contributed by atoms with van der Waals surface area (Å²) >= 11 is 0. The molecule has 4 unspecified atom stereocenters. The average molecular weight is 453 g/mol. The number of halogens is 2. The third kappa shape index (κ3) is 5.02. The highest BCUT2D eigenvalue weighted by Crippen LogP contribution is 2.45. The Bertz CT molecular complexity index is 1110. The number of anilines is 1. The topological polar surface area (TPSA) is 73.7 Å². The summed E-state index contributed by atoms with van der Waals surface area (Å²) in [5.74, 6) is -2.81. The number of hydrogen-bond acceptors (Lipinski definition) is 4. The fraction of sp³-hybridized carbons (Fsp3) is 0.280. The number of carbonyl (C=O) groups is 2. The maximum Gasteiger partial charge on any atom is 0.326 e. The number of rotatable bonds is 5. The van der Waals surface area contributed by atoms with Crippen LogP contribution < -0.4 is 10.6 Å². The molecule has 2 aliphatic rings. The van der Waals surface area contributed by atoms with Crippen molar-refractivity contribution in [1.82, 2.24) is 10.4 Å². The number of allylic oxidation sites excluding steroid dienone is 2. The second kappa shape index (κ2) is 9.25. The van der Waals surface area contributed by atoms with Crippen LogP contribution in [0.25, 0.3) is 0 Å². The fourth-order valence-electron chi connectivity index (χ4n) is 4.03. The Morgan fingerprint density at radius 2 is 1.79 bits per heavy atom. The summed E-state index contributed by atoms with van der Waals surface area (Å²) in [4.78, 5) is 30.0. The van der Waals surface area contributed by atoms with Crippen molar-refractivity contribution < 1.29 is 23.2 Å². The standard InChI is InChI=1S/C25H25F2N3O3/c1-14(2)17-8-7-15(3)21(13-17)30-24(33-30)16-9-11-18(12-10-16)28-25(32)29-23(31)22-19(26)5-4-6-20(22)27/h4-7,9-12,17,21,24H,1,8,13H2,2-3H3,(H2,28,29,31,32). The molecule has 0 saturated carbocycles. The monoisotopic (exact) mass is 453 g/mol. The molecule has 1 aliphatic carbocycles. The molecule has 0 spiro atoms. The highest BCUT2D eigenvalue weighted by atomic mass is 19.1. The Kier molecular flexibility index (Phi) is 6.40. The van der Waals surface area contributed by atoms with Crippen LogP contribution in [0.4, 0.5) is 19.3 Å². The first-order valence-electron chi connectivity index (χ1n) is 10.7. The van der Waals surface area contributed by atoms with E-state index in [-0.39, 0.29) is 12.3 Å². The molecule has 2 aromatic rings. The van der Waals surface area contributed by atoms with E-state index in [0.29, 0.717) is 11.6 Å². The van der Waals surface area contributed by atoms with Crippen molar-refractivity contribution in [2.75, 3.05) is 5.32 Å². The van der Waals surface area contributed by atoms with Gasteiger partial charge in [-0.15, -0.1) is 5.06 Å². The van der Waals surface area contributed by atoms with Gasteiger partial charge in [-0.25, -0.2) is 13.6 Å². The van der Waals surface area contributed by atoms with Gasteiger partial charge in [-0.05, 0) is 62.4 Å². The molecule has 33 heavy (non-hydrogen) atoms. The lowest BCUT2D eigenvalue weighted by Crippen LogP contribution is -2.35. The summed E-state index contributed by atoms with van der Waals surface area (Å²) in [5.41, 5.74) is 2.99. The molecule has 172 valence electrons. The number of nitrogens with one attached hydrogen (secondary N) is 2. The summed E-state index contributed by atoms with van der Waals surface area (Å²) in [6.45, 7) is 8.25. The van der Waals surface area contributed by atoms with Crippen LogP contribution in [0.2, 0.25) is 0 Å². The predicted octanol–water partition coefficient (Wildman–Crippen LogP) is 5.47. The largest absolute Gasteiger partial charge is 0.326 e. The van der Waals surface area contributed by atoms with Gasteiger partial charge in [0, 0.05) is 5.69 Å². The smallest absolute Gasteiger partial charge is 0.308 e. The number of hydroxylamine groups is 2. The minimum atomic E-state index is -1.16. The maximum absolute atomic E-state index is 13.7.